The van der Waals surface area contributed by atoms with E-state index < -0.39 is 10.0 Å². The third kappa shape index (κ3) is 7.08. The van der Waals surface area contributed by atoms with Crippen molar-refractivity contribution in [3.8, 4) is 5.75 Å². The average molecular weight is 467 g/mol. The fourth-order valence-electron chi connectivity index (χ4n) is 3.27. The molecular weight excluding hydrogens is 436 g/mol. The van der Waals surface area contributed by atoms with Crippen LogP contribution in [0.25, 0.3) is 0 Å². The van der Waals surface area contributed by atoms with Gasteiger partial charge in [-0.2, -0.15) is 0 Å². The number of amides is 1. The first-order chi connectivity index (χ1) is 15.7. The van der Waals surface area contributed by atoms with Gasteiger partial charge in [-0.3, -0.25) is 9.52 Å². The Bertz CT molecular complexity index is 1210. The Hall–Kier alpha value is -3.32. The lowest BCUT2D eigenvalue weighted by atomic mass is 10.1. The summed E-state index contributed by atoms with van der Waals surface area (Å²) in [6.45, 7) is 6.40. The molecule has 0 saturated carbocycles. The number of sulfonamides is 1. The van der Waals surface area contributed by atoms with Crippen LogP contribution < -0.4 is 14.8 Å². The molecule has 33 heavy (non-hydrogen) atoms. The third-order valence-electron chi connectivity index (χ3n) is 5.22. The summed E-state index contributed by atoms with van der Waals surface area (Å²) in [5, 5.41) is 2.85. The van der Waals surface area contributed by atoms with E-state index in [1.54, 1.807) is 36.4 Å². The predicted molar refractivity (Wildman–Crippen MR) is 132 cm³/mol. The number of unbranched alkanes of at least 4 members (excludes halogenated alkanes) is 1. The van der Waals surface area contributed by atoms with Crippen LogP contribution in [0.5, 0.6) is 5.75 Å². The maximum absolute atomic E-state index is 12.6. The van der Waals surface area contributed by atoms with Gasteiger partial charge >= 0.3 is 0 Å². The number of nitrogens with one attached hydrogen (secondary N) is 2. The zero-order valence-corrected chi connectivity index (χ0v) is 20.0. The van der Waals surface area contributed by atoms with E-state index >= 15 is 0 Å². The Balaban J connectivity index is 1.50. The van der Waals surface area contributed by atoms with Crippen molar-refractivity contribution in [1.29, 1.82) is 0 Å². The molecule has 3 rings (SSSR count). The van der Waals surface area contributed by atoms with Crippen molar-refractivity contribution in [1.82, 2.24) is 0 Å². The van der Waals surface area contributed by atoms with Gasteiger partial charge in [-0.25, -0.2) is 8.42 Å². The quantitative estimate of drug-likeness (QED) is 0.381. The molecule has 0 fully saturated rings. The number of anilines is 2. The van der Waals surface area contributed by atoms with Gasteiger partial charge in [-0.05, 0) is 80.6 Å². The number of carbonyl (C=O) groups excluding carboxylic acids is 1. The number of aryl methyl sites for hydroxylation is 3. The summed E-state index contributed by atoms with van der Waals surface area (Å²) in [7, 11) is -3.71. The molecule has 0 spiro atoms. The van der Waals surface area contributed by atoms with Crippen molar-refractivity contribution >= 4 is 27.3 Å². The van der Waals surface area contributed by atoms with Crippen molar-refractivity contribution in [2.75, 3.05) is 16.6 Å². The fourth-order valence-corrected chi connectivity index (χ4v) is 4.41. The topological polar surface area (TPSA) is 84.5 Å². The molecule has 0 aliphatic heterocycles. The van der Waals surface area contributed by atoms with Crippen LogP contribution in [0.3, 0.4) is 0 Å². The number of ether oxygens (including phenoxy) is 1. The summed E-state index contributed by atoms with van der Waals surface area (Å²) >= 11 is 0. The highest BCUT2D eigenvalue weighted by Crippen LogP contribution is 2.24. The molecule has 7 heteroatoms. The second-order valence-electron chi connectivity index (χ2n) is 8.07. The lowest BCUT2D eigenvalue weighted by Gasteiger charge is -2.13. The maximum Gasteiger partial charge on any atom is 0.261 e. The van der Waals surface area contributed by atoms with Crippen LogP contribution in [-0.2, 0) is 14.8 Å². The molecule has 0 aliphatic rings. The fraction of sp³-hybridized carbons (Fsp3) is 0.269. The van der Waals surface area contributed by atoms with Gasteiger partial charge in [-0.15, -0.1) is 0 Å². The number of rotatable bonds is 10. The molecule has 2 N–H and O–H groups in total. The van der Waals surface area contributed by atoms with E-state index in [0.29, 0.717) is 30.8 Å². The van der Waals surface area contributed by atoms with E-state index in [0.717, 1.165) is 28.9 Å². The first kappa shape index (κ1) is 24.3. The summed E-state index contributed by atoms with van der Waals surface area (Å²) < 4.78 is 33.7. The van der Waals surface area contributed by atoms with Crippen LogP contribution in [-0.4, -0.2) is 20.9 Å². The van der Waals surface area contributed by atoms with Crippen molar-refractivity contribution in [2.45, 2.75) is 44.9 Å². The zero-order chi connectivity index (χ0) is 23.8. The van der Waals surface area contributed by atoms with Crippen molar-refractivity contribution in [3.05, 3.63) is 83.4 Å². The Morgan fingerprint density at radius 3 is 2.36 bits per heavy atom. The molecular formula is C26H30N2O4S. The van der Waals surface area contributed by atoms with E-state index in [1.807, 2.05) is 32.9 Å². The van der Waals surface area contributed by atoms with E-state index in [9.17, 15) is 13.2 Å². The van der Waals surface area contributed by atoms with Crippen LogP contribution in [0, 0.1) is 20.8 Å². The van der Waals surface area contributed by atoms with Crippen molar-refractivity contribution in [3.63, 3.8) is 0 Å². The van der Waals surface area contributed by atoms with E-state index in [-0.39, 0.29) is 10.8 Å². The Morgan fingerprint density at radius 2 is 1.61 bits per heavy atom. The maximum atomic E-state index is 12.6. The van der Waals surface area contributed by atoms with Crippen LogP contribution >= 0.6 is 0 Å². The second kappa shape index (κ2) is 11.0. The first-order valence-corrected chi connectivity index (χ1v) is 12.4. The van der Waals surface area contributed by atoms with Crippen LogP contribution in [0.1, 0.15) is 36.0 Å². The summed E-state index contributed by atoms with van der Waals surface area (Å²) in [4.78, 5) is 12.5. The minimum absolute atomic E-state index is 0.123. The monoisotopic (exact) mass is 466 g/mol. The molecule has 0 atom stereocenters. The van der Waals surface area contributed by atoms with E-state index in [1.165, 1.54) is 12.1 Å². The Kier molecular flexibility index (Phi) is 8.11. The van der Waals surface area contributed by atoms with Crippen molar-refractivity contribution in [2.24, 2.45) is 0 Å². The lowest BCUT2D eigenvalue weighted by molar-refractivity contribution is -0.116. The van der Waals surface area contributed by atoms with Crippen molar-refractivity contribution < 1.29 is 17.9 Å². The van der Waals surface area contributed by atoms with E-state index in [4.69, 9.17) is 4.74 Å². The molecule has 0 aliphatic carbocycles. The lowest BCUT2D eigenvalue weighted by Crippen LogP contribution is -2.15. The SMILES string of the molecule is Cc1ccc(C)c(OCCCCC(=O)Nc2ccc(C)c(NS(=O)(=O)c3ccccc3)c2)c1. The largest absolute Gasteiger partial charge is 0.493 e. The van der Waals surface area contributed by atoms with Gasteiger partial charge in [0, 0.05) is 12.1 Å². The van der Waals surface area contributed by atoms with Gasteiger partial charge in [0.1, 0.15) is 5.75 Å². The van der Waals surface area contributed by atoms with Crippen LogP contribution in [0.2, 0.25) is 0 Å². The highest BCUT2D eigenvalue weighted by Gasteiger charge is 2.15. The third-order valence-corrected chi connectivity index (χ3v) is 6.60. The molecule has 0 heterocycles. The molecule has 0 bridgehead atoms. The minimum Gasteiger partial charge on any atom is -0.493 e. The predicted octanol–water partition coefficient (Wildman–Crippen LogP) is 5.60. The van der Waals surface area contributed by atoms with Gasteiger partial charge in [0.15, 0.2) is 0 Å². The van der Waals surface area contributed by atoms with E-state index in [2.05, 4.69) is 16.1 Å². The van der Waals surface area contributed by atoms with Gasteiger partial charge in [0.2, 0.25) is 5.91 Å². The average Bonchev–Trinajstić information content (AvgIpc) is 2.78. The molecule has 0 aromatic heterocycles. The molecule has 6 nitrogen and oxygen atoms in total. The summed E-state index contributed by atoms with van der Waals surface area (Å²) in [6.07, 6.45) is 1.81. The molecule has 174 valence electrons. The molecule has 0 radical (unpaired) electrons. The zero-order valence-electron chi connectivity index (χ0n) is 19.2. The summed E-state index contributed by atoms with van der Waals surface area (Å²) in [5.41, 5.74) is 3.98. The van der Waals surface area contributed by atoms with Crippen LogP contribution in [0.4, 0.5) is 11.4 Å². The molecule has 1 amide bonds. The molecule has 3 aromatic rings. The number of benzene rings is 3. The number of hydrogen-bond donors (Lipinski definition) is 2. The number of hydrogen-bond acceptors (Lipinski definition) is 4. The highest BCUT2D eigenvalue weighted by atomic mass is 32.2. The summed E-state index contributed by atoms with van der Waals surface area (Å²) in [6, 6.07) is 19.4. The van der Waals surface area contributed by atoms with Gasteiger partial charge < -0.3 is 10.1 Å². The van der Waals surface area contributed by atoms with Gasteiger partial charge in [-0.1, -0.05) is 36.4 Å². The normalized spacial score (nSPS) is 11.1. The molecule has 3 aromatic carbocycles. The Morgan fingerprint density at radius 1 is 0.879 bits per heavy atom. The van der Waals surface area contributed by atoms with Gasteiger partial charge in [0.05, 0.1) is 17.2 Å². The Labute approximate surface area is 196 Å². The second-order valence-corrected chi connectivity index (χ2v) is 9.75. The summed E-state index contributed by atoms with van der Waals surface area (Å²) in [5.74, 6) is 0.757. The van der Waals surface area contributed by atoms with Crippen LogP contribution in [0.15, 0.2) is 71.6 Å². The standard InChI is InChI=1S/C26H30N2O4S/c1-19-12-13-21(3)25(17-19)32-16-8-7-11-26(29)27-22-15-14-20(2)24(18-22)28-33(30,31)23-9-5-4-6-10-23/h4-6,9-10,12-15,17-18,28H,7-8,11,16H2,1-3H3,(H,27,29). The first-order valence-electron chi connectivity index (χ1n) is 10.9. The smallest absolute Gasteiger partial charge is 0.261 e. The van der Waals surface area contributed by atoms with Gasteiger partial charge in [0.25, 0.3) is 10.0 Å². The molecule has 0 unspecified atom stereocenters. The minimum atomic E-state index is -3.71. The molecule has 0 saturated heterocycles. The highest BCUT2D eigenvalue weighted by molar-refractivity contribution is 7.92. The number of carbonyl (C=O) groups is 1.